The van der Waals surface area contributed by atoms with Gasteiger partial charge in [0.25, 0.3) is 0 Å². The van der Waals surface area contributed by atoms with Crippen LogP contribution in [0.25, 0.3) is 0 Å². The molecule has 5 heteroatoms. The van der Waals surface area contributed by atoms with Crippen molar-refractivity contribution in [3.05, 3.63) is 53.9 Å². The fraction of sp³-hybridized carbons (Fsp3) is 0.474. The Labute approximate surface area is 143 Å². The number of benzene rings is 1. The van der Waals surface area contributed by atoms with Gasteiger partial charge in [-0.05, 0) is 24.5 Å². The third kappa shape index (κ3) is 4.23. The summed E-state index contributed by atoms with van der Waals surface area (Å²) in [4.78, 5) is 14.7. The lowest BCUT2D eigenvalue weighted by molar-refractivity contribution is -0.138. The molecule has 0 aliphatic carbocycles. The maximum Gasteiger partial charge on any atom is 0.227 e. The molecule has 1 aliphatic heterocycles. The number of ether oxygens (including phenoxy) is 1. The second-order valence-corrected chi connectivity index (χ2v) is 6.54. The summed E-state index contributed by atoms with van der Waals surface area (Å²) in [5, 5.41) is 7.06. The molecule has 128 valence electrons. The van der Waals surface area contributed by atoms with E-state index >= 15 is 0 Å². The lowest BCUT2D eigenvalue weighted by atomic mass is 9.94. The Balaban J connectivity index is 1.48. The van der Waals surface area contributed by atoms with Crippen molar-refractivity contribution in [2.45, 2.75) is 32.3 Å². The van der Waals surface area contributed by atoms with Gasteiger partial charge in [0.1, 0.15) is 0 Å². The van der Waals surface area contributed by atoms with Crippen LogP contribution in [-0.2, 0) is 16.1 Å². The normalized spacial score (nSPS) is 19.2. The first-order valence-electron chi connectivity index (χ1n) is 8.64. The number of piperidine rings is 1. The second-order valence-electron chi connectivity index (χ2n) is 6.54. The number of H-pyrrole nitrogens is 1. The Morgan fingerprint density at radius 2 is 2.21 bits per heavy atom. The first kappa shape index (κ1) is 16.7. The molecule has 1 amide bonds. The van der Waals surface area contributed by atoms with Crippen molar-refractivity contribution in [2.24, 2.45) is 5.92 Å². The van der Waals surface area contributed by atoms with Crippen molar-refractivity contribution in [3.63, 3.8) is 0 Å². The maximum atomic E-state index is 12.7. The predicted octanol–water partition coefficient (Wildman–Crippen LogP) is 2.97. The Hall–Kier alpha value is -2.14. The molecule has 0 radical (unpaired) electrons. The summed E-state index contributed by atoms with van der Waals surface area (Å²) in [5.41, 5.74) is 2.26. The molecule has 1 aromatic heterocycles. The van der Waals surface area contributed by atoms with Gasteiger partial charge < -0.3 is 9.64 Å². The van der Waals surface area contributed by atoms with Crippen LogP contribution in [0.4, 0.5) is 0 Å². The molecule has 5 nitrogen and oxygen atoms in total. The average molecular weight is 327 g/mol. The van der Waals surface area contributed by atoms with Crippen LogP contribution in [0.2, 0.25) is 0 Å². The molecule has 24 heavy (non-hydrogen) atoms. The molecule has 1 N–H and O–H groups in total. The van der Waals surface area contributed by atoms with Crippen LogP contribution < -0.4 is 0 Å². The number of likely N-dealkylation sites (tertiary alicyclic amines) is 1. The minimum absolute atomic E-state index is 0.116. The molecule has 1 fully saturated rings. The van der Waals surface area contributed by atoms with Crippen molar-refractivity contribution < 1.29 is 9.53 Å². The van der Waals surface area contributed by atoms with E-state index in [0.717, 1.165) is 37.2 Å². The number of nitrogens with one attached hydrogen (secondary N) is 1. The van der Waals surface area contributed by atoms with E-state index in [1.165, 1.54) is 0 Å². The standard InChI is InChI=1S/C19H25N3O2/c1-15(13-24-14-16-6-3-2-4-7-16)19(23)22-11-5-8-17(12-22)18-9-10-20-21-18/h2-4,6-7,9-10,15,17H,5,8,11-14H2,1H3,(H,20,21)/t15-,17-/m0/s1. The van der Waals surface area contributed by atoms with E-state index < -0.39 is 0 Å². The van der Waals surface area contributed by atoms with Gasteiger partial charge in [-0.25, -0.2) is 0 Å². The minimum atomic E-state index is -0.116. The highest BCUT2D eigenvalue weighted by molar-refractivity contribution is 5.78. The molecule has 2 aromatic rings. The summed E-state index contributed by atoms with van der Waals surface area (Å²) in [6.45, 7) is 4.57. The van der Waals surface area contributed by atoms with Crippen LogP contribution in [0, 0.1) is 5.92 Å². The number of amides is 1. The van der Waals surface area contributed by atoms with Crippen LogP contribution in [0.5, 0.6) is 0 Å². The molecule has 3 rings (SSSR count). The zero-order valence-corrected chi connectivity index (χ0v) is 14.1. The zero-order chi connectivity index (χ0) is 16.8. The van der Waals surface area contributed by atoms with E-state index in [0.29, 0.717) is 19.1 Å². The SMILES string of the molecule is C[C@@H](COCc1ccccc1)C(=O)N1CCC[C@H](c2ccn[nH]2)C1. The summed E-state index contributed by atoms with van der Waals surface area (Å²) in [6, 6.07) is 12.1. The number of rotatable bonds is 6. The molecule has 2 heterocycles. The van der Waals surface area contributed by atoms with Gasteiger partial charge >= 0.3 is 0 Å². The highest BCUT2D eigenvalue weighted by atomic mass is 16.5. The number of aromatic amines is 1. The summed E-state index contributed by atoms with van der Waals surface area (Å²) in [7, 11) is 0. The third-order valence-corrected chi connectivity index (χ3v) is 4.60. The van der Waals surface area contributed by atoms with Crippen LogP contribution in [0.15, 0.2) is 42.6 Å². The van der Waals surface area contributed by atoms with Gasteiger partial charge in [0, 0.05) is 30.9 Å². The van der Waals surface area contributed by atoms with Crippen molar-refractivity contribution in [1.29, 1.82) is 0 Å². The van der Waals surface area contributed by atoms with E-state index in [2.05, 4.69) is 10.2 Å². The fourth-order valence-corrected chi connectivity index (χ4v) is 3.24. The van der Waals surface area contributed by atoms with Crippen LogP contribution >= 0.6 is 0 Å². The Bertz CT molecular complexity index is 627. The lowest BCUT2D eigenvalue weighted by Crippen LogP contribution is -2.42. The molecular weight excluding hydrogens is 302 g/mol. The Morgan fingerprint density at radius 1 is 1.38 bits per heavy atom. The van der Waals surface area contributed by atoms with Crippen molar-refractivity contribution in [2.75, 3.05) is 19.7 Å². The van der Waals surface area contributed by atoms with Gasteiger partial charge in [-0.2, -0.15) is 5.10 Å². The van der Waals surface area contributed by atoms with Crippen LogP contribution in [0.1, 0.15) is 36.9 Å². The minimum Gasteiger partial charge on any atom is -0.376 e. The predicted molar refractivity (Wildman–Crippen MR) is 92.4 cm³/mol. The molecule has 0 spiro atoms. The first-order chi connectivity index (χ1) is 11.7. The molecule has 1 aromatic carbocycles. The molecule has 0 saturated carbocycles. The van der Waals surface area contributed by atoms with E-state index in [-0.39, 0.29) is 11.8 Å². The molecule has 0 unspecified atom stereocenters. The maximum absolute atomic E-state index is 12.7. The number of aromatic nitrogens is 2. The van der Waals surface area contributed by atoms with Crippen LogP contribution in [-0.4, -0.2) is 40.7 Å². The van der Waals surface area contributed by atoms with Gasteiger partial charge in [0.05, 0.1) is 19.1 Å². The Kier molecular flexibility index (Phi) is 5.64. The molecular formula is C19H25N3O2. The van der Waals surface area contributed by atoms with Gasteiger partial charge in [-0.3, -0.25) is 9.89 Å². The molecule has 1 aliphatic rings. The fourth-order valence-electron chi connectivity index (χ4n) is 3.24. The van der Waals surface area contributed by atoms with Crippen molar-refractivity contribution in [1.82, 2.24) is 15.1 Å². The van der Waals surface area contributed by atoms with E-state index in [4.69, 9.17) is 4.74 Å². The van der Waals surface area contributed by atoms with Gasteiger partial charge in [0.15, 0.2) is 0 Å². The van der Waals surface area contributed by atoms with Gasteiger partial charge in [0.2, 0.25) is 5.91 Å². The molecule has 2 atom stereocenters. The highest BCUT2D eigenvalue weighted by Gasteiger charge is 2.28. The monoisotopic (exact) mass is 327 g/mol. The summed E-state index contributed by atoms with van der Waals surface area (Å²) in [5.74, 6) is 0.434. The Morgan fingerprint density at radius 3 is 2.96 bits per heavy atom. The molecule has 1 saturated heterocycles. The zero-order valence-electron chi connectivity index (χ0n) is 14.1. The topological polar surface area (TPSA) is 58.2 Å². The number of hydrogen-bond donors (Lipinski definition) is 1. The third-order valence-electron chi connectivity index (χ3n) is 4.60. The second kappa shape index (κ2) is 8.11. The number of nitrogens with zero attached hydrogens (tertiary/aromatic N) is 2. The van der Waals surface area contributed by atoms with Crippen molar-refractivity contribution in [3.8, 4) is 0 Å². The van der Waals surface area contributed by atoms with E-state index in [9.17, 15) is 4.79 Å². The largest absolute Gasteiger partial charge is 0.376 e. The lowest BCUT2D eigenvalue weighted by Gasteiger charge is -2.33. The average Bonchev–Trinajstić information content (AvgIpc) is 3.17. The summed E-state index contributed by atoms with van der Waals surface area (Å²) in [6.07, 6.45) is 3.91. The summed E-state index contributed by atoms with van der Waals surface area (Å²) < 4.78 is 5.73. The van der Waals surface area contributed by atoms with Gasteiger partial charge in [-0.15, -0.1) is 0 Å². The number of hydrogen-bond acceptors (Lipinski definition) is 3. The quantitative estimate of drug-likeness (QED) is 0.887. The highest BCUT2D eigenvalue weighted by Crippen LogP contribution is 2.26. The van der Waals surface area contributed by atoms with Crippen molar-refractivity contribution >= 4 is 5.91 Å². The molecule has 0 bridgehead atoms. The number of carbonyl (C=O) groups excluding carboxylic acids is 1. The van der Waals surface area contributed by atoms with Gasteiger partial charge in [-0.1, -0.05) is 37.3 Å². The van der Waals surface area contributed by atoms with Crippen LogP contribution in [0.3, 0.4) is 0 Å². The van der Waals surface area contributed by atoms with E-state index in [1.807, 2.05) is 48.2 Å². The number of carbonyl (C=O) groups is 1. The summed E-state index contributed by atoms with van der Waals surface area (Å²) >= 11 is 0. The first-order valence-corrected chi connectivity index (χ1v) is 8.64. The van der Waals surface area contributed by atoms with E-state index in [1.54, 1.807) is 6.20 Å². The smallest absolute Gasteiger partial charge is 0.227 e.